The molecule has 1 amide bonds. The van der Waals surface area contributed by atoms with Crippen LogP contribution >= 0.6 is 0 Å². The summed E-state index contributed by atoms with van der Waals surface area (Å²) in [5.41, 5.74) is -0.0258. The standard InChI is InChI=1S/C15H27N3O3/c1-17-7-9-21-15(12-17)2-5-18(6-3-15)14(19)13-10-16-4-8-20-11-13/h13,16H,2-12H2,1H3. The SMILES string of the molecule is CN1CCOC2(CCN(C(=O)C3CNCCOC3)CC2)C1. The lowest BCUT2D eigenvalue weighted by molar-refractivity contribution is -0.152. The first-order valence-electron chi connectivity index (χ1n) is 8.08. The molecule has 6 nitrogen and oxygen atoms in total. The van der Waals surface area contributed by atoms with Crippen molar-refractivity contribution in [2.45, 2.75) is 18.4 Å². The van der Waals surface area contributed by atoms with Gasteiger partial charge in [0.15, 0.2) is 0 Å². The smallest absolute Gasteiger partial charge is 0.229 e. The highest BCUT2D eigenvalue weighted by atomic mass is 16.5. The second kappa shape index (κ2) is 6.60. The summed E-state index contributed by atoms with van der Waals surface area (Å²) in [7, 11) is 2.15. The molecule has 21 heavy (non-hydrogen) atoms. The molecule has 3 heterocycles. The van der Waals surface area contributed by atoms with Crippen molar-refractivity contribution in [2.75, 3.05) is 66.1 Å². The molecule has 6 heteroatoms. The molecule has 3 aliphatic rings. The van der Waals surface area contributed by atoms with Gasteiger partial charge in [0.2, 0.25) is 5.91 Å². The minimum absolute atomic E-state index is 0.0258. The summed E-state index contributed by atoms with van der Waals surface area (Å²) in [5.74, 6) is 0.208. The number of ether oxygens (including phenoxy) is 2. The van der Waals surface area contributed by atoms with Gasteiger partial charge >= 0.3 is 0 Å². The van der Waals surface area contributed by atoms with Crippen LogP contribution in [0.4, 0.5) is 0 Å². The Morgan fingerprint density at radius 2 is 2.05 bits per heavy atom. The third-order valence-electron chi connectivity index (χ3n) is 4.91. The van der Waals surface area contributed by atoms with Crippen LogP contribution in [0.2, 0.25) is 0 Å². The van der Waals surface area contributed by atoms with Crippen molar-refractivity contribution in [2.24, 2.45) is 5.92 Å². The first-order valence-corrected chi connectivity index (χ1v) is 8.08. The molecule has 3 aliphatic heterocycles. The van der Waals surface area contributed by atoms with Crippen molar-refractivity contribution in [3.63, 3.8) is 0 Å². The number of likely N-dealkylation sites (tertiary alicyclic amines) is 1. The van der Waals surface area contributed by atoms with Gasteiger partial charge in [0.25, 0.3) is 0 Å². The summed E-state index contributed by atoms with van der Waals surface area (Å²) in [6.07, 6.45) is 1.90. The first-order chi connectivity index (χ1) is 10.2. The van der Waals surface area contributed by atoms with Gasteiger partial charge < -0.3 is 24.6 Å². The molecule has 0 aromatic heterocycles. The Balaban J connectivity index is 1.53. The molecule has 1 spiro atoms. The highest BCUT2D eigenvalue weighted by molar-refractivity contribution is 5.79. The fraction of sp³-hybridized carbons (Fsp3) is 0.933. The first kappa shape index (κ1) is 15.2. The zero-order valence-electron chi connectivity index (χ0n) is 13.0. The third kappa shape index (κ3) is 3.56. The largest absolute Gasteiger partial charge is 0.379 e. The zero-order chi connectivity index (χ0) is 14.7. The molecule has 0 aliphatic carbocycles. The monoisotopic (exact) mass is 297 g/mol. The Kier molecular flexibility index (Phi) is 4.78. The molecule has 120 valence electrons. The van der Waals surface area contributed by atoms with Crippen molar-refractivity contribution < 1.29 is 14.3 Å². The average molecular weight is 297 g/mol. The van der Waals surface area contributed by atoms with Gasteiger partial charge in [-0.2, -0.15) is 0 Å². The van der Waals surface area contributed by atoms with Gasteiger partial charge in [-0.25, -0.2) is 0 Å². The quantitative estimate of drug-likeness (QED) is 0.710. The van der Waals surface area contributed by atoms with E-state index >= 15 is 0 Å². The van der Waals surface area contributed by atoms with Crippen molar-refractivity contribution in [1.82, 2.24) is 15.1 Å². The minimum Gasteiger partial charge on any atom is -0.379 e. The van der Waals surface area contributed by atoms with Gasteiger partial charge in [0.1, 0.15) is 0 Å². The molecule has 0 saturated carbocycles. The van der Waals surface area contributed by atoms with Crippen LogP contribution in [0.15, 0.2) is 0 Å². The fourth-order valence-corrected chi connectivity index (χ4v) is 3.59. The van der Waals surface area contributed by atoms with Crippen LogP contribution in [-0.4, -0.2) is 87.4 Å². The second-order valence-electron chi connectivity index (χ2n) is 6.57. The van der Waals surface area contributed by atoms with E-state index in [1.54, 1.807) is 0 Å². The normalized spacial score (nSPS) is 31.1. The Hall–Kier alpha value is -0.690. The Morgan fingerprint density at radius 1 is 1.24 bits per heavy atom. The minimum atomic E-state index is -0.0310. The molecule has 0 radical (unpaired) electrons. The molecule has 0 bridgehead atoms. The summed E-state index contributed by atoms with van der Waals surface area (Å²) in [5, 5.41) is 3.28. The van der Waals surface area contributed by atoms with Gasteiger partial charge in [0, 0.05) is 39.3 Å². The van der Waals surface area contributed by atoms with E-state index in [9.17, 15) is 4.79 Å². The number of hydrogen-bond donors (Lipinski definition) is 1. The van der Waals surface area contributed by atoms with Crippen LogP contribution < -0.4 is 5.32 Å². The molecular weight excluding hydrogens is 270 g/mol. The molecule has 1 N–H and O–H groups in total. The number of hydrogen-bond acceptors (Lipinski definition) is 5. The third-order valence-corrected chi connectivity index (χ3v) is 4.91. The number of nitrogens with one attached hydrogen (secondary N) is 1. The number of carbonyl (C=O) groups excluding carboxylic acids is 1. The number of rotatable bonds is 1. The summed E-state index contributed by atoms with van der Waals surface area (Å²) < 4.78 is 11.6. The zero-order valence-corrected chi connectivity index (χ0v) is 13.0. The van der Waals surface area contributed by atoms with Gasteiger partial charge in [0.05, 0.1) is 31.3 Å². The van der Waals surface area contributed by atoms with Crippen LogP contribution in [0.25, 0.3) is 0 Å². The number of carbonyl (C=O) groups is 1. The van der Waals surface area contributed by atoms with E-state index in [4.69, 9.17) is 9.47 Å². The van der Waals surface area contributed by atoms with Crippen molar-refractivity contribution in [3.05, 3.63) is 0 Å². The molecule has 3 fully saturated rings. The highest BCUT2D eigenvalue weighted by Crippen LogP contribution is 2.30. The summed E-state index contributed by atoms with van der Waals surface area (Å²) >= 11 is 0. The maximum Gasteiger partial charge on any atom is 0.229 e. The van der Waals surface area contributed by atoms with Crippen molar-refractivity contribution in [3.8, 4) is 0 Å². The number of amides is 1. The summed E-state index contributed by atoms with van der Waals surface area (Å²) in [6, 6.07) is 0. The van der Waals surface area contributed by atoms with E-state index in [1.165, 1.54) is 0 Å². The van der Waals surface area contributed by atoms with Crippen LogP contribution in [-0.2, 0) is 14.3 Å². The van der Waals surface area contributed by atoms with E-state index in [2.05, 4.69) is 17.3 Å². The molecular formula is C15H27N3O3. The van der Waals surface area contributed by atoms with E-state index in [-0.39, 0.29) is 17.4 Å². The van der Waals surface area contributed by atoms with E-state index in [0.717, 1.165) is 58.7 Å². The van der Waals surface area contributed by atoms with E-state index in [0.29, 0.717) is 13.2 Å². The van der Waals surface area contributed by atoms with Crippen molar-refractivity contribution in [1.29, 1.82) is 0 Å². The highest BCUT2D eigenvalue weighted by Gasteiger charge is 2.40. The number of piperidine rings is 1. The van der Waals surface area contributed by atoms with Gasteiger partial charge in [-0.15, -0.1) is 0 Å². The van der Waals surface area contributed by atoms with Gasteiger partial charge in [-0.3, -0.25) is 4.79 Å². The van der Waals surface area contributed by atoms with E-state index < -0.39 is 0 Å². The number of morpholine rings is 1. The maximum absolute atomic E-state index is 12.6. The summed E-state index contributed by atoms with van der Waals surface area (Å²) in [4.78, 5) is 16.9. The summed E-state index contributed by atoms with van der Waals surface area (Å²) in [6.45, 7) is 7.25. The van der Waals surface area contributed by atoms with Gasteiger partial charge in [-0.05, 0) is 19.9 Å². The topological polar surface area (TPSA) is 54.0 Å². The van der Waals surface area contributed by atoms with Crippen LogP contribution in [0.3, 0.4) is 0 Å². The Labute approximate surface area is 126 Å². The molecule has 3 saturated heterocycles. The predicted octanol–water partition coefficient (Wildman–Crippen LogP) is -0.454. The van der Waals surface area contributed by atoms with Crippen molar-refractivity contribution >= 4 is 5.91 Å². The van der Waals surface area contributed by atoms with Gasteiger partial charge in [-0.1, -0.05) is 0 Å². The van der Waals surface area contributed by atoms with E-state index in [1.807, 2.05) is 4.90 Å². The molecule has 0 aromatic rings. The lowest BCUT2D eigenvalue weighted by atomic mass is 9.89. The Bertz CT molecular complexity index is 361. The lowest BCUT2D eigenvalue weighted by Gasteiger charge is -2.46. The molecule has 0 aromatic carbocycles. The Morgan fingerprint density at radius 3 is 2.81 bits per heavy atom. The molecule has 1 atom stereocenters. The second-order valence-corrected chi connectivity index (χ2v) is 6.57. The molecule has 1 unspecified atom stereocenters. The maximum atomic E-state index is 12.6. The predicted molar refractivity (Wildman–Crippen MR) is 79.2 cm³/mol. The van der Waals surface area contributed by atoms with Crippen LogP contribution in [0.1, 0.15) is 12.8 Å². The molecule has 3 rings (SSSR count). The fourth-order valence-electron chi connectivity index (χ4n) is 3.59. The van der Waals surface area contributed by atoms with Crippen LogP contribution in [0.5, 0.6) is 0 Å². The lowest BCUT2D eigenvalue weighted by Crippen LogP contribution is -2.57. The number of likely N-dealkylation sites (N-methyl/N-ethyl adjacent to an activating group) is 1. The average Bonchev–Trinajstić information content (AvgIpc) is 2.76. The number of nitrogens with zero attached hydrogens (tertiary/aromatic N) is 2. The van der Waals surface area contributed by atoms with Crippen LogP contribution in [0, 0.1) is 5.92 Å².